The maximum absolute atomic E-state index is 13.8. The minimum atomic E-state index is -5.09. The van der Waals surface area contributed by atoms with Gasteiger partial charge in [0.1, 0.15) is 17.0 Å². The summed E-state index contributed by atoms with van der Waals surface area (Å²) in [5, 5.41) is 21.4. The van der Waals surface area contributed by atoms with Crippen molar-refractivity contribution in [2.75, 3.05) is 32.8 Å². The quantitative estimate of drug-likeness (QED) is 0.109. The number of nitrogens with zero attached hydrogens (tertiary/aromatic N) is 4. The molecule has 11 nitrogen and oxygen atoms in total. The Balaban J connectivity index is 0.00000756. The SMILES string of the molecule is COc1cc(CN(Cc2cc(C(F)(F)F)cc(C(F)(F)F)c2)c2ncc(OCCCC(=O)[O-])cn2)c(-c2nc(C(C)(C)O)ccc2OC)cc1OC.[Na+]. The van der Waals surface area contributed by atoms with Crippen molar-refractivity contribution in [2.24, 2.45) is 0 Å². The van der Waals surface area contributed by atoms with E-state index >= 15 is 0 Å². The molecule has 0 unspecified atom stereocenters. The topological polar surface area (TPSA) is 139 Å². The second kappa shape index (κ2) is 17.7. The van der Waals surface area contributed by atoms with E-state index in [-0.39, 0.29) is 108 Å². The maximum atomic E-state index is 13.8. The van der Waals surface area contributed by atoms with Crippen LogP contribution in [0, 0.1) is 0 Å². The summed E-state index contributed by atoms with van der Waals surface area (Å²) in [4.78, 5) is 25.2. The zero-order valence-corrected chi connectivity index (χ0v) is 31.7. The van der Waals surface area contributed by atoms with Crippen LogP contribution >= 0.6 is 0 Å². The number of hydrogen-bond acceptors (Lipinski definition) is 11. The molecule has 18 heteroatoms. The molecule has 280 valence electrons. The molecule has 0 atom stereocenters. The number of alkyl halides is 6. The van der Waals surface area contributed by atoms with Crippen LogP contribution in [0.4, 0.5) is 32.3 Å². The number of rotatable bonds is 15. The molecule has 0 amide bonds. The minimum absolute atomic E-state index is 0. The number of hydrogen-bond donors (Lipinski definition) is 1. The average Bonchev–Trinajstić information content (AvgIpc) is 3.08. The Morgan fingerprint density at radius 2 is 1.40 bits per heavy atom. The van der Waals surface area contributed by atoms with Gasteiger partial charge in [-0.15, -0.1) is 0 Å². The number of carbonyl (C=O) groups excluding carboxylic acids is 1. The third kappa shape index (κ3) is 11.3. The summed E-state index contributed by atoms with van der Waals surface area (Å²) in [6.07, 6.45) is -7.84. The Hall–Kier alpha value is -4.32. The van der Waals surface area contributed by atoms with Gasteiger partial charge in [0.05, 0.1) is 57.2 Å². The summed E-state index contributed by atoms with van der Waals surface area (Å²) < 4.78 is 105. The van der Waals surface area contributed by atoms with Gasteiger partial charge in [0.25, 0.3) is 0 Å². The zero-order chi connectivity index (χ0) is 38.4. The molecular weight excluding hydrogens is 725 g/mol. The van der Waals surface area contributed by atoms with Gasteiger partial charge in [0, 0.05) is 24.6 Å². The van der Waals surface area contributed by atoms with Crippen LogP contribution in [0.1, 0.15) is 54.6 Å². The van der Waals surface area contributed by atoms with Gasteiger partial charge in [-0.05, 0) is 80.3 Å². The van der Waals surface area contributed by atoms with Crippen molar-refractivity contribution in [3.63, 3.8) is 0 Å². The predicted molar refractivity (Wildman–Crippen MR) is 173 cm³/mol. The van der Waals surface area contributed by atoms with Crippen LogP contribution in [0.3, 0.4) is 0 Å². The Bertz CT molecular complexity index is 1840. The number of pyridine rings is 1. The summed E-state index contributed by atoms with van der Waals surface area (Å²) >= 11 is 0. The van der Waals surface area contributed by atoms with Crippen LogP contribution < -0.4 is 58.5 Å². The van der Waals surface area contributed by atoms with E-state index < -0.39 is 41.6 Å². The first-order valence-electron chi connectivity index (χ1n) is 15.5. The van der Waals surface area contributed by atoms with Crippen molar-refractivity contribution in [2.45, 2.75) is 57.7 Å². The van der Waals surface area contributed by atoms with Crippen molar-refractivity contribution in [3.8, 4) is 34.3 Å². The molecule has 53 heavy (non-hydrogen) atoms. The van der Waals surface area contributed by atoms with Crippen molar-refractivity contribution < 1.29 is 89.9 Å². The van der Waals surface area contributed by atoms with Gasteiger partial charge < -0.3 is 38.9 Å². The van der Waals surface area contributed by atoms with Gasteiger partial charge in [-0.2, -0.15) is 26.3 Å². The number of carboxylic acids is 1. The number of aliphatic hydroxyl groups is 1. The van der Waals surface area contributed by atoms with E-state index in [1.807, 2.05) is 0 Å². The second-order valence-electron chi connectivity index (χ2n) is 12.0. The molecule has 0 aliphatic carbocycles. The molecule has 0 bridgehead atoms. The number of carboxylic acid groups (broad SMARTS) is 1. The molecule has 0 radical (unpaired) electrons. The number of halogens is 6. The van der Waals surface area contributed by atoms with Crippen LogP contribution in [0.25, 0.3) is 11.3 Å². The standard InChI is InChI=1S/C35H36F6N4O7.Na/c1-33(2,48)29-9-8-26(49-3)31(44-29)25-15-28(51-5)27(50-4)13-21(25)19-45(32-42-16-24(17-43-32)52-10-6-7-30(46)47)18-20-11-22(34(36,37)38)14-23(12-20)35(39,40)41;/h8-9,11-17,48H,6-7,10,18-19H2,1-5H3,(H,46,47);/q;+1/p-1. The van der Waals surface area contributed by atoms with Gasteiger partial charge in [-0.3, -0.25) is 0 Å². The van der Waals surface area contributed by atoms with Gasteiger partial charge in [-0.1, -0.05) is 0 Å². The summed E-state index contributed by atoms with van der Waals surface area (Å²) in [5.41, 5.74) is -3.49. The van der Waals surface area contributed by atoms with E-state index in [0.717, 1.165) is 0 Å². The molecule has 1 N–H and O–H groups in total. The van der Waals surface area contributed by atoms with Crippen molar-refractivity contribution >= 4 is 11.9 Å². The van der Waals surface area contributed by atoms with Crippen molar-refractivity contribution in [1.82, 2.24) is 15.0 Å². The number of carbonyl (C=O) groups is 1. The molecule has 0 aliphatic rings. The van der Waals surface area contributed by atoms with Crippen LogP contribution in [0.5, 0.6) is 23.0 Å². The number of benzene rings is 2. The van der Waals surface area contributed by atoms with E-state index in [0.29, 0.717) is 23.3 Å². The van der Waals surface area contributed by atoms with Crippen LogP contribution in [-0.2, 0) is 35.8 Å². The van der Waals surface area contributed by atoms with E-state index in [1.54, 1.807) is 24.3 Å². The summed E-state index contributed by atoms with van der Waals surface area (Å²) in [7, 11) is 4.18. The summed E-state index contributed by atoms with van der Waals surface area (Å²) in [6.45, 7) is 2.26. The monoisotopic (exact) mass is 760 g/mol. The maximum Gasteiger partial charge on any atom is 1.00 e. The average molecular weight is 761 g/mol. The number of ether oxygens (including phenoxy) is 4. The fraction of sp³-hybridized carbons (Fsp3) is 0.371. The third-order valence-corrected chi connectivity index (χ3v) is 7.64. The first kappa shape index (κ1) is 43.1. The van der Waals surface area contributed by atoms with Gasteiger partial charge in [-0.25, -0.2) is 15.0 Å². The Morgan fingerprint density at radius 1 is 0.830 bits per heavy atom. The fourth-order valence-electron chi connectivity index (χ4n) is 5.10. The summed E-state index contributed by atoms with van der Waals surface area (Å²) in [5.74, 6) is -0.475. The molecular formula is C35H35F6N4NaO7. The molecule has 0 saturated carbocycles. The molecule has 0 fully saturated rings. The number of anilines is 1. The number of aliphatic carboxylic acids is 1. The minimum Gasteiger partial charge on any atom is -0.550 e. The third-order valence-electron chi connectivity index (χ3n) is 7.64. The molecule has 2 aromatic heterocycles. The van der Waals surface area contributed by atoms with E-state index in [2.05, 4.69) is 15.0 Å². The van der Waals surface area contributed by atoms with Crippen molar-refractivity contribution in [1.29, 1.82) is 0 Å². The normalized spacial score (nSPS) is 11.8. The molecule has 0 spiro atoms. The van der Waals surface area contributed by atoms with Gasteiger partial charge >= 0.3 is 41.9 Å². The van der Waals surface area contributed by atoms with Gasteiger partial charge in [0.2, 0.25) is 5.95 Å². The molecule has 0 saturated heterocycles. The molecule has 4 aromatic rings. The first-order valence-corrected chi connectivity index (χ1v) is 15.5. The van der Waals surface area contributed by atoms with Crippen LogP contribution in [0.2, 0.25) is 0 Å². The van der Waals surface area contributed by atoms with E-state index in [9.17, 15) is 41.4 Å². The Morgan fingerprint density at radius 3 is 1.91 bits per heavy atom. The van der Waals surface area contributed by atoms with Crippen molar-refractivity contribution in [3.05, 3.63) is 82.8 Å². The largest absolute Gasteiger partial charge is 1.00 e. The van der Waals surface area contributed by atoms with Crippen LogP contribution in [0.15, 0.2) is 54.9 Å². The molecule has 0 aliphatic heterocycles. The van der Waals surface area contributed by atoms with Crippen LogP contribution in [-0.4, -0.2) is 54.0 Å². The molecule has 2 aromatic carbocycles. The Labute approximate surface area is 323 Å². The number of aromatic nitrogens is 3. The molecule has 4 rings (SSSR count). The predicted octanol–water partition coefficient (Wildman–Crippen LogP) is 2.95. The summed E-state index contributed by atoms with van der Waals surface area (Å²) in [6, 6.07) is 7.55. The molecule has 2 heterocycles. The van der Waals surface area contributed by atoms with Gasteiger partial charge in [0.15, 0.2) is 17.2 Å². The fourth-order valence-corrected chi connectivity index (χ4v) is 5.10. The Kier molecular flexibility index (Phi) is 14.4. The zero-order valence-electron chi connectivity index (χ0n) is 29.7. The second-order valence-corrected chi connectivity index (χ2v) is 12.0. The smallest absolute Gasteiger partial charge is 0.550 e. The van der Waals surface area contributed by atoms with E-state index in [1.165, 1.54) is 52.5 Å². The first-order chi connectivity index (χ1) is 24.3. The number of methoxy groups -OCH3 is 3. The van der Waals surface area contributed by atoms with E-state index in [4.69, 9.17) is 18.9 Å².